The van der Waals surface area contributed by atoms with Gasteiger partial charge in [-0.1, -0.05) is 80.3 Å². The summed E-state index contributed by atoms with van der Waals surface area (Å²) in [6.45, 7) is 10.4. The average molecular weight is 749 g/mol. The van der Waals surface area contributed by atoms with Gasteiger partial charge in [0.25, 0.3) is 11.8 Å². The minimum atomic E-state index is -3.72. The van der Waals surface area contributed by atoms with Crippen LogP contribution in [-0.4, -0.2) is 81.6 Å². The van der Waals surface area contributed by atoms with Gasteiger partial charge >= 0.3 is 0 Å². The number of amides is 2. The molecule has 3 atom stereocenters. The van der Waals surface area contributed by atoms with Crippen LogP contribution >= 0.6 is 0 Å². The van der Waals surface area contributed by atoms with Gasteiger partial charge in [-0.3, -0.25) is 13.9 Å². The maximum absolute atomic E-state index is 13.9. The molecule has 0 bridgehead atoms. The molecule has 280 valence electrons. The van der Waals surface area contributed by atoms with E-state index in [4.69, 9.17) is 4.74 Å². The van der Waals surface area contributed by atoms with Gasteiger partial charge in [-0.2, -0.15) is 0 Å². The highest BCUT2D eigenvalue weighted by Crippen LogP contribution is 2.22. The van der Waals surface area contributed by atoms with E-state index in [1.807, 2.05) is 78.4 Å². The number of nitrogens with one attached hydrogen (secondary N) is 3. The van der Waals surface area contributed by atoms with Crippen LogP contribution in [0, 0.1) is 0 Å². The lowest BCUT2D eigenvalue weighted by Gasteiger charge is -2.25. The van der Waals surface area contributed by atoms with Gasteiger partial charge in [0.15, 0.2) is 0 Å². The number of aromatic nitrogens is 2. The molecule has 3 unspecified atom stereocenters. The molecular weight excluding hydrogens is 697 g/mol. The Kier molecular flexibility index (Phi) is 14.3. The standard InChI is InChI=1S/C38H52N6O6SSi/c1-28(30-15-11-8-12-16-30)41-37(46)31-20-32(22-34(21-31)43(2)51(3,48)49)38(47)42-35(19-29-13-9-7-10-14-29)36(45)24-39-23-33-25-44(26-40-33)27-50-17-18-52(4,5)6/h7-16,20-22,25-26,28,35-36,39,45H,17-19,23-24,27H2,1-6H3,(H,41,46)(H,42,47). The summed E-state index contributed by atoms with van der Waals surface area (Å²) >= 11 is 0. The number of rotatable bonds is 19. The number of benzene rings is 3. The highest BCUT2D eigenvalue weighted by molar-refractivity contribution is 7.92. The summed E-state index contributed by atoms with van der Waals surface area (Å²) in [6.07, 6.45) is 3.97. The van der Waals surface area contributed by atoms with Crippen molar-refractivity contribution in [3.05, 3.63) is 119 Å². The zero-order valence-electron chi connectivity index (χ0n) is 30.9. The van der Waals surface area contributed by atoms with Crippen molar-refractivity contribution < 1.29 is 27.9 Å². The van der Waals surface area contributed by atoms with Gasteiger partial charge < -0.3 is 30.4 Å². The van der Waals surface area contributed by atoms with Crippen molar-refractivity contribution >= 4 is 35.6 Å². The van der Waals surface area contributed by atoms with Gasteiger partial charge in [0.1, 0.15) is 6.73 Å². The molecular formula is C38H52N6O6SSi. The Morgan fingerprint density at radius 1 is 0.962 bits per heavy atom. The maximum Gasteiger partial charge on any atom is 0.251 e. The molecule has 14 heteroatoms. The number of anilines is 1. The van der Waals surface area contributed by atoms with Crippen LogP contribution in [0.4, 0.5) is 5.69 Å². The Labute approximate surface area is 308 Å². The quantitative estimate of drug-likeness (QED) is 0.0804. The summed E-state index contributed by atoms with van der Waals surface area (Å²) in [5, 5.41) is 20.5. The van der Waals surface area contributed by atoms with E-state index in [9.17, 15) is 23.1 Å². The molecule has 52 heavy (non-hydrogen) atoms. The fraction of sp³-hybridized carbons (Fsp3) is 0.395. The lowest BCUT2D eigenvalue weighted by atomic mass is 10.00. The van der Waals surface area contributed by atoms with Crippen molar-refractivity contribution in [2.75, 3.05) is 30.8 Å². The number of nitrogens with zero attached hydrogens (tertiary/aromatic N) is 3. The van der Waals surface area contributed by atoms with Gasteiger partial charge in [-0.25, -0.2) is 13.4 Å². The van der Waals surface area contributed by atoms with Crippen LogP contribution in [0.2, 0.25) is 25.7 Å². The van der Waals surface area contributed by atoms with Gasteiger partial charge in [0.05, 0.1) is 42.2 Å². The zero-order chi connectivity index (χ0) is 37.9. The van der Waals surface area contributed by atoms with Crippen LogP contribution in [0.5, 0.6) is 0 Å². The van der Waals surface area contributed by atoms with E-state index in [0.717, 1.165) is 33.4 Å². The van der Waals surface area contributed by atoms with E-state index in [0.29, 0.717) is 26.3 Å². The molecule has 3 aromatic carbocycles. The summed E-state index contributed by atoms with van der Waals surface area (Å²) in [5.74, 6) is -1.04. The van der Waals surface area contributed by atoms with Crippen LogP contribution in [-0.2, 0) is 34.5 Å². The van der Waals surface area contributed by atoms with E-state index in [1.54, 1.807) is 6.33 Å². The predicted octanol–water partition coefficient (Wildman–Crippen LogP) is 4.57. The second-order valence-corrected chi connectivity index (χ2v) is 21.9. The van der Waals surface area contributed by atoms with Crippen LogP contribution in [0.3, 0.4) is 0 Å². The molecule has 2 amide bonds. The van der Waals surface area contributed by atoms with E-state index < -0.39 is 42.1 Å². The van der Waals surface area contributed by atoms with Crippen LogP contribution in [0.25, 0.3) is 0 Å². The number of hydrogen-bond donors (Lipinski definition) is 4. The maximum atomic E-state index is 13.9. The van der Waals surface area contributed by atoms with Gasteiger partial charge in [-0.15, -0.1) is 0 Å². The monoisotopic (exact) mass is 748 g/mol. The molecule has 4 aromatic rings. The third-order valence-corrected chi connectivity index (χ3v) is 11.5. The van der Waals surface area contributed by atoms with Crippen molar-refractivity contribution in [1.82, 2.24) is 25.5 Å². The number of sulfonamides is 1. The van der Waals surface area contributed by atoms with Crippen molar-refractivity contribution in [2.45, 2.75) is 70.5 Å². The SMILES string of the molecule is CC(NC(=O)c1cc(C(=O)NC(Cc2ccccc2)C(O)CNCc2cn(COCC[Si](C)(C)C)cn2)cc(N(C)S(C)(=O)=O)c1)c1ccccc1. The highest BCUT2D eigenvalue weighted by Gasteiger charge is 2.25. The largest absolute Gasteiger partial charge is 0.390 e. The zero-order valence-corrected chi connectivity index (χ0v) is 32.7. The molecule has 0 aliphatic carbocycles. The molecule has 4 rings (SSSR count). The summed E-state index contributed by atoms with van der Waals surface area (Å²) in [7, 11) is -3.53. The lowest BCUT2D eigenvalue weighted by Crippen LogP contribution is -2.48. The van der Waals surface area contributed by atoms with E-state index >= 15 is 0 Å². The third kappa shape index (κ3) is 12.7. The number of aliphatic hydroxyl groups is 1. The molecule has 0 aliphatic rings. The van der Waals surface area contributed by atoms with Crippen molar-refractivity contribution in [3.63, 3.8) is 0 Å². The topological polar surface area (TPSA) is 155 Å². The van der Waals surface area contributed by atoms with Crippen LogP contribution in [0.15, 0.2) is 91.4 Å². The first-order valence-electron chi connectivity index (χ1n) is 17.4. The molecule has 4 N–H and O–H groups in total. The molecule has 1 heterocycles. The molecule has 12 nitrogen and oxygen atoms in total. The Morgan fingerprint density at radius 3 is 2.19 bits per heavy atom. The highest BCUT2D eigenvalue weighted by atomic mass is 32.2. The van der Waals surface area contributed by atoms with Gasteiger partial charge in [-0.05, 0) is 48.7 Å². The van der Waals surface area contributed by atoms with Crippen LogP contribution < -0.4 is 20.3 Å². The summed E-state index contributed by atoms with van der Waals surface area (Å²) in [6, 6.07) is 23.2. The van der Waals surface area contributed by atoms with Crippen LogP contribution in [0.1, 0.15) is 50.5 Å². The molecule has 1 aromatic heterocycles. The van der Waals surface area contributed by atoms with Gasteiger partial charge in [0, 0.05) is 52.1 Å². The van der Waals surface area contributed by atoms with Crippen molar-refractivity contribution in [3.8, 4) is 0 Å². The smallest absolute Gasteiger partial charge is 0.251 e. The Balaban J connectivity index is 1.48. The molecule has 0 radical (unpaired) electrons. The fourth-order valence-corrected chi connectivity index (χ4v) is 6.61. The number of hydrogen-bond acceptors (Lipinski definition) is 8. The molecule has 0 spiro atoms. The summed E-state index contributed by atoms with van der Waals surface area (Å²) in [4.78, 5) is 31.8. The van der Waals surface area contributed by atoms with E-state index in [2.05, 4.69) is 40.6 Å². The lowest BCUT2D eigenvalue weighted by molar-refractivity contribution is 0.0829. The normalized spacial score (nSPS) is 13.6. The Morgan fingerprint density at radius 2 is 1.58 bits per heavy atom. The van der Waals surface area contributed by atoms with Crippen molar-refractivity contribution in [1.29, 1.82) is 0 Å². The first kappa shape index (κ1) is 40.4. The summed E-state index contributed by atoms with van der Waals surface area (Å²) in [5.41, 5.74) is 2.91. The first-order valence-corrected chi connectivity index (χ1v) is 22.9. The predicted molar refractivity (Wildman–Crippen MR) is 207 cm³/mol. The molecule has 0 saturated carbocycles. The molecule has 0 fully saturated rings. The first-order chi connectivity index (χ1) is 24.6. The second kappa shape index (κ2) is 18.4. The number of ether oxygens (including phenoxy) is 1. The number of aliphatic hydroxyl groups excluding tert-OH is 1. The second-order valence-electron chi connectivity index (χ2n) is 14.3. The average Bonchev–Trinajstić information content (AvgIpc) is 3.56. The fourth-order valence-electron chi connectivity index (χ4n) is 5.36. The molecule has 0 aliphatic heterocycles. The van der Waals surface area contributed by atoms with Crippen molar-refractivity contribution in [2.24, 2.45) is 0 Å². The van der Waals surface area contributed by atoms with Gasteiger partial charge in [0.2, 0.25) is 10.0 Å². The third-order valence-electron chi connectivity index (χ3n) is 8.61. The minimum Gasteiger partial charge on any atom is -0.390 e. The number of imidazole rings is 1. The Bertz CT molecular complexity index is 1870. The minimum absolute atomic E-state index is 0.0707. The number of carbonyl (C=O) groups excluding carboxylic acids is 2. The summed E-state index contributed by atoms with van der Waals surface area (Å²) < 4.78 is 33.7. The van der Waals surface area contributed by atoms with E-state index in [1.165, 1.54) is 25.2 Å². The van der Waals surface area contributed by atoms with E-state index in [-0.39, 0.29) is 29.4 Å². The molecule has 0 saturated heterocycles. The Hall–Kier alpha value is -4.34. The number of carbonyl (C=O) groups is 2.